The van der Waals surface area contributed by atoms with Gasteiger partial charge in [-0.05, 0) is 20.3 Å². The fourth-order valence-corrected chi connectivity index (χ4v) is 0.781. The molecule has 0 aliphatic rings. The third kappa shape index (κ3) is 5.37. The average Bonchev–Trinajstić information content (AvgIpc) is 1.58. The SMILES string of the molecule is C[C@@H](O)C[C@H](C)NC(=O)O. The summed E-state index contributed by atoms with van der Waals surface area (Å²) in [6.07, 6.45) is -1.05. The Morgan fingerprint density at radius 2 is 2.10 bits per heavy atom. The molecule has 0 unspecified atom stereocenters. The molecule has 0 aromatic carbocycles. The van der Waals surface area contributed by atoms with Crippen LogP contribution < -0.4 is 5.32 Å². The van der Waals surface area contributed by atoms with E-state index in [9.17, 15) is 4.79 Å². The van der Waals surface area contributed by atoms with Crippen LogP contribution in [0.25, 0.3) is 0 Å². The van der Waals surface area contributed by atoms with E-state index in [4.69, 9.17) is 10.2 Å². The minimum Gasteiger partial charge on any atom is -0.465 e. The van der Waals surface area contributed by atoms with Gasteiger partial charge in [-0.1, -0.05) is 0 Å². The highest BCUT2D eigenvalue weighted by Crippen LogP contribution is 1.95. The molecule has 4 nitrogen and oxygen atoms in total. The van der Waals surface area contributed by atoms with Crippen molar-refractivity contribution in [3.63, 3.8) is 0 Å². The fraction of sp³-hybridized carbons (Fsp3) is 0.833. The Hall–Kier alpha value is -0.770. The van der Waals surface area contributed by atoms with Crippen LogP contribution in [-0.4, -0.2) is 28.5 Å². The quantitative estimate of drug-likeness (QED) is 0.541. The maximum absolute atomic E-state index is 10.00. The highest BCUT2D eigenvalue weighted by molar-refractivity contribution is 5.64. The zero-order chi connectivity index (χ0) is 8.15. The van der Waals surface area contributed by atoms with E-state index in [0.717, 1.165) is 0 Å². The number of hydrogen-bond donors (Lipinski definition) is 3. The molecule has 3 N–H and O–H groups in total. The van der Waals surface area contributed by atoms with Crippen LogP contribution >= 0.6 is 0 Å². The van der Waals surface area contributed by atoms with E-state index in [1.165, 1.54) is 0 Å². The van der Waals surface area contributed by atoms with Gasteiger partial charge in [0.2, 0.25) is 0 Å². The summed E-state index contributed by atoms with van der Waals surface area (Å²) in [5.74, 6) is 0. The van der Waals surface area contributed by atoms with Crippen molar-refractivity contribution >= 4 is 6.09 Å². The van der Waals surface area contributed by atoms with Gasteiger partial charge in [0, 0.05) is 6.04 Å². The van der Waals surface area contributed by atoms with Crippen molar-refractivity contribution in [1.29, 1.82) is 0 Å². The first-order valence-electron chi connectivity index (χ1n) is 3.20. The van der Waals surface area contributed by atoms with Crippen LogP contribution in [0.15, 0.2) is 0 Å². The Morgan fingerprint density at radius 1 is 1.60 bits per heavy atom. The molecule has 0 rings (SSSR count). The molecule has 0 fully saturated rings. The standard InChI is InChI=1S/C6H13NO3/c1-4(3-5(2)8)7-6(9)10/h4-5,7-8H,3H2,1-2H3,(H,9,10)/t4-,5+/m0/s1. The van der Waals surface area contributed by atoms with Gasteiger partial charge in [-0.15, -0.1) is 0 Å². The van der Waals surface area contributed by atoms with Crippen molar-refractivity contribution < 1.29 is 15.0 Å². The van der Waals surface area contributed by atoms with Crippen molar-refractivity contribution in [3.8, 4) is 0 Å². The van der Waals surface area contributed by atoms with Gasteiger partial charge in [0.1, 0.15) is 0 Å². The van der Waals surface area contributed by atoms with Crippen molar-refractivity contribution in [3.05, 3.63) is 0 Å². The number of aliphatic hydroxyl groups is 1. The molecule has 0 heterocycles. The molecule has 0 spiro atoms. The molecule has 2 atom stereocenters. The molecule has 0 radical (unpaired) electrons. The largest absolute Gasteiger partial charge is 0.465 e. The molecule has 0 bridgehead atoms. The van der Waals surface area contributed by atoms with E-state index in [0.29, 0.717) is 6.42 Å². The lowest BCUT2D eigenvalue weighted by molar-refractivity contribution is 0.161. The summed E-state index contributed by atoms with van der Waals surface area (Å²) in [5, 5.41) is 19.2. The number of nitrogens with one attached hydrogen (secondary N) is 1. The lowest BCUT2D eigenvalue weighted by atomic mass is 10.2. The fourth-order valence-electron chi connectivity index (χ4n) is 0.781. The van der Waals surface area contributed by atoms with Crippen molar-refractivity contribution in [1.82, 2.24) is 5.32 Å². The molecular formula is C6H13NO3. The lowest BCUT2D eigenvalue weighted by Gasteiger charge is -2.12. The number of carbonyl (C=O) groups is 1. The van der Waals surface area contributed by atoms with Crippen LogP contribution in [0.3, 0.4) is 0 Å². The number of carboxylic acid groups (broad SMARTS) is 1. The topological polar surface area (TPSA) is 69.6 Å². The lowest BCUT2D eigenvalue weighted by Crippen LogP contribution is -2.33. The van der Waals surface area contributed by atoms with Gasteiger partial charge in [-0.2, -0.15) is 0 Å². The summed E-state index contributed by atoms with van der Waals surface area (Å²) in [6.45, 7) is 3.33. The third-order valence-electron chi connectivity index (χ3n) is 1.06. The summed E-state index contributed by atoms with van der Waals surface area (Å²) >= 11 is 0. The Kier molecular flexibility index (Phi) is 3.79. The van der Waals surface area contributed by atoms with E-state index < -0.39 is 12.2 Å². The van der Waals surface area contributed by atoms with Gasteiger partial charge < -0.3 is 15.5 Å². The highest BCUT2D eigenvalue weighted by atomic mass is 16.4. The smallest absolute Gasteiger partial charge is 0.404 e. The molecule has 4 heteroatoms. The average molecular weight is 147 g/mol. The van der Waals surface area contributed by atoms with Crippen molar-refractivity contribution in [2.24, 2.45) is 0 Å². The molecule has 0 aliphatic carbocycles. The number of amides is 1. The maximum Gasteiger partial charge on any atom is 0.404 e. The zero-order valence-electron chi connectivity index (χ0n) is 6.16. The molecule has 0 saturated heterocycles. The number of hydrogen-bond acceptors (Lipinski definition) is 2. The van der Waals surface area contributed by atoms with Gasteiger partial charge in [-0.25, -0.2) is 4.79 Å². The molecular weight excluding hydrogens is 134 g/mol. The minimum absolute atomic E-state index is 0.183. The second kappa shape index (κ2) is 4.11. The third-order valence-corrected chi connectivity index (χ3v) is 1.06. The molecule has 0 aromatic rings. The van der Waals surface area contributed by atoms with E-state index in [-0.39, 0.29) is 6.04 Å². The molecule has 10 heavy (non-hydrogen) atoms. The number of rotatable bonds is 3. The first-order chi connectivity index (χ1) is 4.52. The molecule has 60 valence electrons. The minimum atomic E-state index is -1.05. The predicted octanol–water partition coefficient (Wildman–Crippen LogP) is 0.413. The van der Waals surface area contributed by atoms with Crippen molar-refractivity contribution in [2.75, 3.05) is 0 Å². The van der Waals surface area contributed by atoms with Gasteiger partial charge in [0.15, 0.2) is 0 Å². The van der Waals surface area contributed by atoms with Gasteiger partial charge in [0.05, 0.1) is 6.10 Å². The maximum atomic E-state index is 10.00. The summed E-state index contributed by atoms with van der Waals surface area (Å²) in [4.78, 5) is 10.00. The van der Waals surface area contributed by atoms with E-state index >= 15 is 0 Å². The van der Waals surface area contributed by atoms with Crippen LogP contribution in [-0.2, 0) is 0 Å². The van der Waals surface area contributed by atoms with Gasteiger partial charge in [-0.3, -0.25) is 0 Å². The second-order valence-electron chi connectivity index (χ2n) is 2.44. The summed E-state index contributed by atoms with van der Waals surface area (Å²) in [7, 11) is 0. The summed E-state index contributed by atoms with van der Waals surface area (Å²) < 4.78 is 0. The van der Waals surface area contributed by atoms with Gasteiger partial charge in [0.25, 0.3) is 0 Å². The predicted molar refractivity (Wildman–Crippen MR) is 36.9 cm³/mol. The van der Waals surface area contributed by atoms with Gasteiger partial charge >= 0.3 is 6.09 Å². The normalized spacial score (nSPS) is 15.9. The van der Waals surface area contributed by atoms with Crippen LogP contribution in [0.4, 0.5) is 4.79 Å². The Labute approximate surface area is 59.9 Å². The highest BCUT2D eigenvalue weighted by Gasteiger charge is 2.07. The summed E-state index contributed by atoms with van der Waals surface area (Å²) in [5.41, 5.74) is 0. The zero-order valence-corrected chi connectivity index (χ0v) is 6.16. The Morgan fingerprint density at radius 3 is 2.40 bits per heavy atom. The van der Waals surface area contributed by atoms with E-state index in [2.05, 4.69) is 5.32 Å². The molecule has 0 saturated carbocycles. The van der Waals surface area contributed by atoms with E-state index in [1.54, 1.807) is 13.8 Å². The van der Waals surface area contributed by atoms with Crippen LogP contribution in [0.5, 0.6) is 0 Å². The van der Waals surface area contributed by atoms with Crippen molar-refractivity contribution in [2.45, 2.75) is 32.4 Å². The molecule has 1 amide bonds. The second-order valence-corrected chi connectivity index (χ2v) is 2.44. The van der Waals surface area contributed by atoms with Crippen LogP contribution in [0.2, 0.25) is 0 Å². The first kappa shape index (κ1) is 9.23. The summed E-state index contributed by atoms with van der Waals surface area (Å²) in [6, 6.07) is -0.183. The Bertz CT molecular complexity index is 114. The molecule has 0 aromatic heterocycles. The van der Waals surface area contributed by atoms with E-state index in [1.807, 2.05) is 0 Å². The monoisotopic (exact) mass is 147 g/mol. The first-order valence-corrected chi connectivity index (χ1v) is 3.20. The molecule has 0 aliphatic heterocycles. The Balaban J connectivity index is 3.43. The number of aliphatic hydroxyl groups excluding tert-OH is 1. The van der Waals surface area contributed by atoms with Crippen LogP contribution in [0.1, 0.15) is 20.3 Å². The van der Waals surface area contributed by atoms with Crippen LogP contribution in [0, 0.1) is 0 Å².